The van der Waals surface area contributed by atoms with E-state index in [9.17, 15) is 5.26 Å². The minimum Gasteiger partial charge on any atom is -0.495 e. The normalized spacial score (nSPS) is 11.3. The van der Waals surface area contributed by atoms with E-state index in [1.54, 1.807) is 31.5 Å². The van der Waals surface area contributed by atoms with Gasteiger partial charge in [-0.15, -0.1) is 0 Å². The number of imidazole rings is 1. The number of ether oxygens (including phenoxy) is 1. The maximum Gasteiger partial charge on any atom is 0.150 e. The first-order valence-electron chi connectivity index (χ1n) is 6.86. The highest BCUT2D eigenvalue weighted by molar-refractivity contribution is 6.30. The number of anilines is 1. The zero-order chi connectivity index (χ0) is 16.2. The van der Waals surface area contributed by atoms with E-state index in [4.69, 9.17) is 16.3 Å². The number of aromatic amines is 1. The largest absolute Gasteiger partial charge is 0.495 e. The van der Waals surface area contributed by atoms with Crippen molar-refractivity contribution in [3.8, 4) is 11.8 Å². The fourth-order valence-corrected chi connectivity index (χ4v) is 2.35. The zero-order valence-electron chi connectivity index (χ0n) is 12.3. The minimum atomic E-state index is 0.378. The maximum absolute atomic E-state index is 9.39. The van der Waals surface area contributed by atoms with Gasteiger partial charge in [0.25, 0.3) is 0 Å². The number of rotatable bonds is 4. The van der Waals surface area contributed by atoms with Crippen molar-refractivity contribution in [2.24, 2.45) is 0 Å². The molecule has 3 aromatic rings. The molecule has 3 rings (SSSR count). The SMILES string of the molecule is COc1ccc(Cl)cc1NC=C(C#N)c1nc2ccccc2[nH]1. The van der Waals surface area contributed by atoms with Gasteiger partial charge in [0.15, 0.2) is 5.82 Å². The van der Waals surface area contributed by atoms with Crippen LogP contribution in [0, 0.1) is 11.3 Å². The van der Waals surface area contributed by atoms with Crippen LogP contribution in [0.4, 0.5) is 5.69 Å². The summed E-state index contributed by atoms with van der Waals surface area (Å²) in [4.78, 5) is 7.54. The molecule has 0 saturated carbocycles. The molecule has 0 bridgehead atoms. The summed E-state index contributed by atoms with van der Waals surface area (Å²) in [6.07, 6.45) is 1.58. The molecule has 114 valence electrons. The smallest absolute Gasteiger partial charge is 0.150 e. The Balaban J connectivity index is 1.93. The van der Waals surface area contributed by atoms with Gasteiger partial charge in [-0.3, -0.25) is 0 Å². The Morgan fingerprint density at radius 1 is 1.35 bits per heavy atom. The standard InChI is InChI=1S/C17H13ClN4O/c1-23-16-7-6-12(18)8-15(16)20-10-11(9-19)17-21-13-4-2-3-5-14(13)22-17/h2-8,10,20H,1H3,(H,21,22). The van der Waals surface area contributed by atoms with Gasteiger partial charge in [-0.25, -0.2) is 4.98 Å². The number of hydrogen-bond acceptors (Lipinski definition) is 4. The van der Waals surface area contributed by atoms with E-state index in [2.05, 4.69) is 21.4 Å². The number of nitriles is 1. The molecule has 1 aromatic heterocycles. The van der Waals surface area contributed by atoms with Gasteiger partial charge in [-0.05, 0) is 30.3 Å². The van der Waals surface area contributed by atoms with Crippen molar-refractivity contribution in [3.63, 3.8) is 0 Å². The second-order valence-corrected chi connectivity index (χ2v) is 5.20. The number of benzene rings is 2. The Kier molecular flexibility index (Phi) is 4.18. The quantitative estimate of drug-likeness (QED) is 0.705. The predicted molar refractivity (Wildman–Crippen MR) is 91.3 cm³/mol. The van der Waals surface area contributed by atoms with Gasteiger partial charge in [-0.1, -0.05) is 23.7 Å². The molecule has 0 aliphatic rings. The van der Waals surface area contributed by atoms with Gasteiger partial charge in [0.1, 0.15) is 17.4 Å². The number of allylic oxidation sites excluding steroid dienone is 1. The summed E-state index contributed by atoms with van der Waals surface area (Å²) in [6, 6.07) is 15.0. The molecular weight excluding hydrogens is 312 g/mol. The van der Waals surface area contributed by atoms with Crippen molar-refractivity contribution < 1.29 is 4.74 Å². The van der Waals surface area contributed by atoms with Crippen LogP contribution >= 0.6 is 11.6 Å². The van der Waals surface area contributed by atoms with Gasteiger partial charge in [0.05, 0.1) is 23.8 Å². The number of nitrogens with zero attached hydrogens (tertiary/aromatic N) is 2. The third-order valence-corrected chi connectivity index (χ3v) is 3.53. The van der Waals surface area contributed by atoms with Crippen LogP contribution in [0.3, 0.4) is 0 Å². The summed E-state index contributed by atoms with van der Waals surface area (Å²) in [5, 5.41) is 13.0. The number of aromatic nitrogens is 2. The van der Waals surface area contributed by atoms with Crippen LogP contribution in [0.2, 0.25) is 5.02 Å². The molecule has 0 aliphatic carbocycles. The Morgan fingerprint density at radius 3 is 2.91 bits per heavy atom. The Hall–Kier alpha value is -2.97. The molecule has 0 spiro atoms. The van der Waals surface area contributed by atoms with Crippen LogP contribution in [0.25, 0.3) is 16.6 Å². The first kappa shape index (κ1) is 14.9. The summed E-state index contributed by atoms with van der Waals surface area (Å²) < 4.78 is 5.26. The van der Waals surface area contributed by atoms with Crippen molar-refractivity contribution in [1.29, 1.82) is 5.26 Å². The fourth-order valence-electron chi connectivity index (χ4n) is 2.18. The van der Waals surface area contributed by atoms with Crippen LogP contribution in [0.15, 0.2) is 48.7 Å². The molecular formula is C17H13ClN4O. The molecule has 0 saturated heterocycles. The van der Waals surface area contributed by atoms with Gasteiger partial charge >= 0.3 is 0 Å². The lowest BCUT2D eigenvalue weighted by Gasteiger charge is -2.08. The summed E-state index contributed by atoms with van der Waals surface area (Å²) in [7, 11) is 1.57. The molecule has 6 heteroatoms. The minimum absolute atomic E-state index is 0.378. The van der Waals surface area contributed by atoms with E-state index in [-0.39, 0.29) is 0 Å². The average Bonchev–Trinajstić information content (AvgIpc) is 2.99. The first-order valence-corrected chi connectivity index (χ1v) is 7.24. The number of H-pyrrole nitrogens is 1. The van der Waals surface area contributed by atoms with E-state index < -0.39 is 0 Å². The molecule has 0 radical (unpaired) electrons. The third kappa shape index (κ3) is 3.12. The van der Waals surface area contributed by atoms with Gasteiger partial charge in [0.2, 0.25) is 0 Å². The molecule has 0 unspecified atom stereocenters. The zero-order valence-corrected chi connectivity index (χ0v) is 13.1. The van der Waals surface area contributed by atoms with Crippen molar-refractivity contribution >= 4 is 33.9 Å². The van der Waals surface area contributed by atoms with E-state index in [0.29, 0.717) is 27.9 Å². The molecule has 0 atom stereocenters. The lowest BCUT2D eigenvalue weighted by molar-refractivity contribution is 0.417. The average molecular weight is 325 g/mol. The van der Waals surface area contributed by atoms with E-state index in [0.717, 1.165) is 11.0 Å². The molecule has 23 heavy (non-hydrogen) atoms. The number of hydrogen-bond donors (Lipinski definition) is 2. The van der Waals surface area contributed by atoms with Gasteiger partial charge < -0.3 is 15.0 Å². The fraction of sp³-hybridized carbons (Fsp3) is 0.0588. The van der Waals surface area contributed by atoms with E-state index in [1.807, 2.05) is 24.3 Å². The van der Waals surface area contributed by atoms with E-state index >= 15 is 0 Å². The Bertz CT molecular complexity index is 891. The molecule has 0 amide bonds. The molecule has 2 N–H and O–H groups in total. The van der Waals surface area contributed by atoms with E-state index in [1.165, 1.54) is 0 Å². The number of nitrogens with one attached hydrogen (secondary N) is 2. The number of halogens is 1. The highest BCUT2D eigenvalue weighted by Gasteiger charge is 2.08. The summed E-state index contributed by atoms with van der Waals surface area (Å²) >= 11 is 5.99. The summed E-state index contributed by atoms with van der Waals surface area (Å²) in [5.41, 5.74) is 2.74. The predicted octanol–water partition coefficient (Wildman–Crippen LogP) is 4.20. The van der Waals surface area contributed by atoms with Crippen molar-refractivity contribution in [2.75, 3.05) is 12.4 Å². The highest BCUT2D eigenvalue weighted by atomic mass is 35.5. The van der Waals surface area contributed by atoms with Crippen LogP contribution in [-0.2, 0) is 0 Å². The Labute approximate surface area is 138 Å². The number of fused-ring (bicyclic) bond motifs is 1. The second kappa shape index (κ2) is 6.42. The van der Waals surface area contributed by atoms with Crippen LogP contribution in [-0.4, -0.2) is 17.1 Å². The molecule has 2 aromatic carbocycles. The summed E-state index contributed by atoms with van der Waals surface area (Å²) in [5.74, 6) is 1.13. The highest BCUT2D eigenvalue weighted by Crippen LogP contribution is 2.28. The number of para-hydroxylation sites is 2. The Morgan fingerprint density at radius 2 is 2.17 bits per heavy atom. The lowest BCUT2D eigenvalue weighted by atomic mass is 10.2. The molecule has 5 nitrogen and oxygen atoms in total. The van der Waals surface area contributed by atoms with Crippen LogP contribution in [0.1, 0.15) is 5.82 Å². The van der Waals surface area contributed by atoms with Crippen LogP contribution in [0.5, 0.6) is 5.75 Å². The lowest BCUT2D eigenvalue weighted by Crippen LogP contribution is -1.95. The topological polar surface area (TPSA) is 73.7 Å². The molecule has 0 fully saturated rings. The summed E-state index contributed by atoms with van der Waals surface area (Å²) in [6.45, 7) is 0. The number of methoxy groups -OCH3 is 1. The molecule has 0 aliphatic heterocycles. The molecule has 1 heterocycles. The van der Waals surface area contributed by atoms with Crippen LogP contribution < -0.4 is 10.1 Å². The monoisotopic (exact) mass is 324 g/mol. The van der Waals surface area contributed by atoms with Crippen molar-refractivity contribution in [1.82, 2.24) is 9.97 Å². The third-order valence-electron chi connectivity index (χ3n) is 3.30. The maximum atomic E-state index is 9.39. The van der Waals surface area contributed by atoms with Gasteiger partial charge in [-0.2, -0.15) is 5.26 Å². The van der Waals surface area contributed by atoms with Crippen molar-refractivity contribution in [2.45, 2.75) is 0 Å². The van der Waals surface area contributed by atoms with Gasteiger partial charge in [0, 0.05) is 11.2 Å². The van der Waals surface area contributed by atoms with Crippen molar-refractivity contribution in [3.05, 3.63) is 59.5 Å². The second-order valence-electron chi connectivity index (χ2n) is 4.76. The first-order chi connectivity index (χ1) is 11.2.